The maximum absolute atomic E-state index is 12.1. The van der Waals surface area contributed by atoms with E-state index in [9.17, 15) is 9.59 Å². The molecule has 1 aliphatic heterocycles. The maximum Gasteiger partial charge on any atom is 0.306 e. The van der Waals surface area contributed by atoms with E-state index in [1.807, 2.05) is 53.4 Å². The van der Waals surface area contributed by atoms with E-state index in [0.717, 1.165) is 31.5 Å². The summed E-state index contributed by atoms with van der Waals surface area (Å²) >= 11 is 5.36. The summed E-state index contributed by atoms with van der Waals surface area (Å²) < 4.78 is 5.20. The van der Waals surface area contributed by atoms with Crippen LogP contribution in [0.5, 0.6) is 0 Å². The lowest BCUT2D eigenvalue weighted by molar-refractivity contribution is -0.145. The van der Waals surface area contributed by atoms with Gasteiger partial charge in [-0.3, -0.25) is 9.59 Å². The lowest BCUT2D eigenvalue weighted by Gasteiger charge is -2.20. The van der Waals surface area contributed by atoms with E-state index in [-0.39, 0.29) is 24.7 Å². The van der Waals surface area contributed by atoms with Crippen molar-refractivity contribution in [1.82, 2.24) is 5.32 Å². The Morgan fingerprint density at radius 2 is 1.79 bits per heavy atom. The molecule has 5 nitrogen and oxygen atoms in total. The maximum atomic E-state index is 12.1. The number of hydrogen-bond acceptors (Lipinski definition) is 4. The van der Waals surface area contributed by atoms with Gasteiger partial charge in [0.25, 0.3) is 0 Å². The first-order valence-corrected chi connectivity index (χ1v) is 9.93. The quantitative estimate of drug-likeness (QED) is 0.442. The fourth-order valence-corrected chi connectivity index (χ4v) is 3.50. The van der Waals surface area contributed by atoms with Gasteiger partial charge in [0.05, 0.1) is 13.0 Å². The molecule has 0 fully saturated rings. The van der Waals surface area contributed by atoms with Crippen LogP contribution in [0.3, 0.4) is 0 Å². The van der Waals surface area contributed by atoms with Crippen molar-refractivity contribution in [3.05, 3.63) is 65.7 Å². The Balaban J connectivity index is 1.33. The van der Waals surface area contributed by atoms with Gasteiger partial charge in [0.1, 0.15) is 0 Å². The number of fused-ring (bicyclic) bond motifs is 1. The number of carbonyl (C=O) groups is 2. The molecule has 0 atom stereocenters. The first-order chi connectivity index (χ1) is 13.6. The number of hydrogen-bond donors (Lipinski definition) is 1. The largest absolute Gasteiger partial charge is 0.466 e. The van der Waals surface area contributed by atoms with Crippen molar-refractivity contribution >= 4 is 34.9 Å². The Morgan fingerprint density at radius 1 is 1.04 bits per heavy atom. The van der Waals surface area contributed by atoms with Gasteiger partial charge in [0, 0.05) is 18.7 Å². The second-order valence-corrected chi connectivity index (χ2v) is 7.08. The van der Waals surface area contributed by atoms with Crippen molar-refractivity contribution in [3.8, 4) is 0 Å². The average molecular weight is 397 g/mol. The summed E-state index contributed by atoms with van der Waals surface area (Å²) in [4.78, 5) is 25.8. The molecule has 146 valence electrons. The number of carbonyl (C=O) groups excluding carboxylic acids is 2. The van der Waals surface area contributed by atoms with Gasteiger partial charge in [-0.1, -0.05) is 48.5 Å². The molecule has 0 aromatic heterocycles. The van der Waals surface area contributed by atoms with Crippen molar-refractivity contribution in [2.45, 2.75) is 32.1 Å². The molecule has 1 heterocycles. The molecule has 0 saturated carbocycles. The van der Waals surface area contributed by atoms with Crippen molar-refractivity contribution in [3.63, 3.8) is 0 Å². The number of ether oxygens (including phenoxy) is 1. The number of nitrogens with one attached hydrogen (secondary N) is 1. The van der Waals surface area contributed by atoms with Gasteiger partial charge in [0.15, 0.2) is 5.11 Å². The highest BCUT2D eigenvalue weighted by Crippen LogP contribution is 2.27. The zero-order valence-corrected chi connectivity index (χ0v) is 16.5. The highest BCUT2D eigenvalue weighted by atomic mass is 32.1. The fraction of sp³-hybridized carbons (Fsp3) is 0.318. The first-order valence-electron chi connectivity index (χ1n) is 9.52. The molecule has 6 heteroatoms. The van der Waals surface area contributed by atoms with Gasteiger partial charge >= 0.3 is 5.97 Å². The second-order valence-electron chi connectivity index (χ2n) is 6.69. The van der Waals surface area contributed by atoms with E-state index >= 15 is 0 Å². The zero-order chi connectivity index (χ0) is 19.8. The molecule has 2 aromatic carbocycles. The van der Waals surface area contributed by atoms with Crippen molar-refractivity contribution in [1.29, 1.82) is 0 Å². The second kappa shape index (κ2) is 9.99. The molecule has 1 N–H and O–H groups in total. The first kappa shape index (κ1) is 20.0. The Bertz CT molecular complexity index is 839. The molecule has 28 heavy (non-hydrogen) atoms. The summed E-state index contributed by atoms with van der Waals surface area (Å²) in [7, 11) is 0. The van der Waals surface area contributed by atoms with Crippen LogP contribution in [-0.2, 0) is 27.2 Å². The smallest absolute Gasteiger partial charge is 0.306 e. The highest BCUT2D eigenvalue weighted by Gasteiger charge is 2.22. The third-order valence-electron chi connectivity index (χ3n) is 4.65. The molecular formula is C22H24N2O3S. The minimum absolute atomic E-state index is 0.0520. The average Bonchev–Trinajstić information content (AvgIpc) is 3.15. The summed E-state index contributed by atoms with van der Waals surface area (Å²) in [5.41, 5.74) is 3.47. The van der Waals surface area contributed by atoms with Crippen molar-refractivity contribution in [2.24, 2.45) is 0 Å². The van der Waals surface area contributed by atoms with Gasteiger partial charge in [-0.25, -0.2) is 0 Å². The Hall–Kier alpha value is -2.73. The predicted octanol–water partition coefficient (Wildman–Crippen LogP) is 3.41. The van der Waals surface area contributed by atoms with Gasteiger partial charge in [0.2, 0.25) is 5.91 Å². The summed E-state index contributed by atoms with van der Waals surface area (Å²) in [5.74, 6) is -0.628. The number of para-hydroxylation sites is 1. The molecule has 0 bridgehead atoms. The molecule has 1 amide bonds. The monoisotopic (exact) mass is 396 g/mol. The van der Waals surface area contributed by atoms with Crippen LogP contribution in [0.4, 0.5) is 5.69 Å². The molecule has 2 aromatic rings. The van der Waals surface area contributed by atoms with Crippen LogP contribution in [-0.4, -0.2) is 30.1 Å². The zero-order valence-electron chi connectivity index (χ0n) is 15.7. The van der Waals surface area contributed by atoms with Crippen LogP contribution in [0.25, 0.3) is 0 Å². The summed E-state index contributed by atoms with van der Waals surface area (Å²) in [5, 5.41) is 3.10. The predicted molar refractivity (Wildman–Crippen MR) is 113 cm³/mol. The molecule has 1 aliphatic rings. The van der Waals surface area contributed by atoms with E-state index in [4.69, 9.17) is 17.0 Å². The topological polar surface area (TPSA) is 58.6 Å². The van der Waals surface area contributed by atoms with Gasteiger partial charge in [-0.05, 0) is 48.7 Å². The van der Waals surface area contributed by atoms with Crippen molar-refractivity contribution in [2.75, 3.05) is 18.1 Å². The molecule has 0 aliphatic carbocycles. The van der Waals surface area contributed by atoms with Crippen LogP contribution >= 0.6 is 12.2 Å². The van der Waals surface area contributed by atoms with E-state index in [1.54, 1.807) is 0 Å². The lowest BCUT2D eigenvalue weighted by Crippen LogP contribution is -2.42. The fourth-order valence-electron chi connectivity index (χ4n) is 3.19. The van der Waals surface area contributed by atoms with E-state index in [2.05, 4.69) is 11.4 Å². The van der Waals surface area contributed by atoms with E-state index < -0.39 is 0 Å². The summed E-state index contributed by atoms with van der Waals surface area (Å²) in [6, 6.07) is 18.1. The number of esters is 1. The molecular weight excluding hydrogens is 372 g/mol. The molecule has 0 saturated heterocycles. The third-order valence-corrected chi connectivity index (χ3v) is 4.97. The minimum atomic E-state index is -0.361. The van der Waals surface area contributed by atoms with Crippen LogP contribution in [0.2, 0.25) is 0 Å². The molecule has 0 spiro atoms. The Kier molecular flexibility index (Phi) is 7.14. The van der Waals surface area contributed by atoms with Crippen LogP contribution in [0.15, 0.2) is 54.6 Å². The van der Waals surface area contributed by atoms with Crippen LogP contribution in [0, 0.1) is 0 Å². The molecule has 0 unspecified atom stereocenters. The molecule has 3 rings (SSSR count). The number of benzene rings is 2. The normalized spacial score (nSPS) is 12.4. The number of thiocarbonyl (C=S) groups is 1. The highest BCUT2D eigenvalue weighted by molar-refractivity contribution is 7.80. The summed E-state index contributed by atoms with van der Waals surface area (Å²) in [6.07, 6.45) is 2.64. The van der Waals surface area contributed by atoms with Gasteiger partial charge in [-0.2, -0.15) is 0 Å². The van der Waals surface area contributed by atoms with Gasteiger partial charge in [-0.15, -0.1) is 0 Å². The van der Waals surface area contributed by atoms with Crippen LogP contribution < -0.4 is 10.2 Å². The standard InChI is InChI=1S/C22H24N2O3S/c25-20(23-22(28)24-15-14-18-10-4-5-11-19(18)24)12-13-21(26)27-16-6-9-17-7-2-1-3-8-17/h1-5,7-8,10-11H,6,9,12-16H2,(H,23,25,28). The Morgan fingerprint density at radius 3 is 2.61 bits per heavy atom. The summed E-state index contributed by atoms with van der Waals surface area (Å²) in [6.45, 7) is 1.11. The van der Waals surface area contributed by atoms with Gasteiger partial charge < -0.3 is 15.0 Å². The number of aryl methyl sites for hydroxylation is 1. The SMILES string of the molecule is O=C(CCC(=O)OCCCc1ccccc1)NC(=S)N1CCc2ccccc21. The molecule has 0 radical (unpaired) electrons. The van der Waals surface area contributed by atoms with E-state index in [1.165, 1.54) is 11.1 Å². The van der Waals surface area contributed by atoms with E-state index in [0.29, 0.717) is 11.7 Å². The number of anilines is 1. The third kappa shape index (κ3) is 5.63. The number of nitrogens with zero attached hydrogens (tertiary/aromatic N) is 1. The lowest BCUT2D eigenvalue weighted by atomic mass is 10.1. The number of amides is 1. The number of rotatable bonds is 7. The van der Waals surface area contributed by atoms with Crippen molar-refractivity contribution < 1.29 is 14.3 Å². The minimum Gasteiger partial charge on any atom is -0.466 e. The van der Waals surface area contributed by atoms with Crippen LogP contribution in [0.1, 0.15) is 30.4 Å². The Labute approximate surface area is 170 Å².